The molecule has 2 N–H and O–H groups in total. The van der Waals surface area contributed by atoms with Crippen molar-refractivity contribution in [3.63, 3.8) is 0 Å². The molecule has 6 nitrogen and oxygen atoms in total. The molecule has 0 aromatic heterocycles. The summed E-state index contributed by atoms with van der Waals surface area (Å²) in [6.45, 7) is 2.61. The number of para-hydroxylation sites is 2. The van der Waals surface area contributed by atoms with E-state index < -0.39 is 0 Å². The highest BCUT2D eigenvalue weighted by Gasteiger charge is 2.20. The van der Waals surface area contributed by atoms with Gasteiger partial charge in [0, 0.05) is 25.2 Å². The molecule has 20 heavy (non-hydrogen) atoms. The van der Waals surface area contributed by atoms with Gasteiger partial charge < -0.3 is 10.4 Å². The van der Waals surface area contributed by atoms with Gasteiger partial charge in [-0.15, -0.1) is 0 Å². The predicted octanol–water partition coefficient (Wildman–Crippen LogP) is 1.85. The quantitative estimate of drug-likeness (QED) is 0.635. The van der Waals surface area contributed by atoms with Crippen LogP contribution >= 0.6 is 0 Å². The molecule has 0 bridgehead atoms. The van der Waals surface area contributed by atoms with Crippen molar-refractivity contribution in [1.29, 1.82) is 0 Å². The van der Waals surface area contributed by atoms with Crippen LogP contribution in [0, 0.1) is 10.1 Å². The van der Waals surface area contributed by atoms with Gasteiger partial charge in [-0.2, -0.15) is 0 Å². The second kappa shape index (κ2) is 7.21. The normalized spacial score (nSPS) is 20.4. The zero-order valence-corrected chi connectivity index (χ0v) is 11.5. The minimum absolute atomic E-state index is 0.116. The van der Waals surface area contributed by atoms with Crippen LogP contribution in [0.3, 0.4) is 0 Å². The Labute approximate surface area is 118 Å². The van der Waals surface area contributed by atoms with E-state index in [9.17, 15) is 10.1 Å². The number of nitro benzene ring substituents is 1. The van der Waals surface area contributed by atoms with Crippen molar-refractivity contribution >= 4 is 11.4 Å². The summed E-state index contributed by atoms with van der Waals surface area (Å²) in [6, 6.07) is 6.93. The van der Waals surface area contributed by atoms with Gasteiger partial charge in [0.05, 0.1) is 11.5 Å². The number of benzene rings is 1. The number of nitrogens with one attached hydrogen (secondary N) is 1. The molecule has 1 aliphatic heterocycles. The van der Waals surface area contributed by atoms with E-state index >= 15 is 0 Å². The molecule has 0 spiro atoms. The van der Waals surface area contributed by atoms with E-state index in [4.69, 9.17) is 5.11 Å². The van der Waals surface area contributed by atoms with E-state index in [1.54, 1.807) is 18.2 Å². The number of likely N-dealkylation sites (tertiary alicyclic amines) is 1. The van der Waals surface area contributed by atoms with Gasteiger partial charge in [-0.25, -0.2) is 0 Å². The lowest BCUT2D eigenvalue weighted by atomic mass is 10.1. The third-order valence-electron chi connectivity index (χ3n) is 3.63. The van der Waals surface area contributed by atoms with Gasteiger partial charge >= 0.3 is 0 Å². The lowest BCUT2D eigenvalue weighted by Crippen LogP contribution is -2.36. The molecule has 1 fully saturated rings. The summed E-state index contributed by atoms with van der Waals surface area (Å²) in [4.78, 5) is 12.9. The summed E-state index contributed by atoms with van der Waals surface area (Å²) >= 11 is 0. The molecule has 1 aromatic rings. The number of hydrogen-bond donors (Lipinski definition) is 2. The first kappa shape index (κ1) is 14.7. The lowest BCUT2D eigenvalue weighted by molar-refractivity contribution is -0.384. The molecule has 1 atom stereocenters. The van der Waals surface area contributed by atoms with Crippen molar-refractivity contribution in [2.24, 2.45) is 0 Å². The number of nitro groups is 1. The first-order valence-electron chi connectivity index (χ1n) is 7.04. The number of rotatable bonds is 5. The largest absolute Gasteiger partial charge is 0.395 e. The molecular weight excluding hydrogens is 258 g/mol. The van der Waals surface area contributed by atoms with Gasteiger partial charge in [0.1, 0.15) is 5.69 Å². The summed E-state index contributed by atoms with van der Waals surface area (Å²) in [7, 11) is 0. The number of β-amino-alcohol motifs (C(OH)–C–C–N with tert-alkyl or cyclic N) is 1. The van der Waals surface area contributed by atoms with Crippen LogP contribution in [-0.4, -0.2) is 47.2 Å². The SMILES string of the molecule is O=[N+]([O-])c1ccccc1NC1CCCCN(CCO)C1. The van der Waals surface area contributed by atoms with Gasteiger partial charge in [0.15, 0.2) is 0 Å². The number of hydrogen-bond acceptors (Lipinski definition) is 5. The maximum Gasteiger partial charge on any atom is 0.292 e. The van der Waals surface area contributed by atoms with Crippen LogP contribution in [0.1, 0.15) is 19.3 Å². The Bertz CT molecular complexity index is 453. The average molecular weight is 279 g/mol. The highest BCUT2D eigenvalue weighted by molar-refractivity contribution is 5.61. The molecule has 6 heteroatoms. The second-order valence-corrected chi connectivity index (χ2v) is 5.14. The number of aliphatic hydroxyl groups excluding tert-OH is 1. The first-order chi connectivity index (χ1) is 9.70. The Kier molecular flexibility index (Phi) is 5.31. The van der Waals surface area contributed by atoms with Crippen LogP contribution in [0.25, 0.3) is 0 Å². The second-order valence-electron chi connectivity index (χ2n) is 5.14. The molecule has 1 aromatic carbocycles. The molecule has 0 aliphatic carbocycles. The molecule has 110 valence electrons. The van der Waals surface area contributed by atoms with E-state index in [0.29, 0.717) is 12.2 Å². The highest BCUT2D eigenvalue weighted by atomic mass is 16.6. The lowest BCUT2D eigenvalue weighted by Gasteiger charge is -2.24. The van der Waals surface area contributed by atoms with Gasteiger partial charge in [-0.3, -0.25) is 15.0 Å². The fourth-order valence-corrected chi connectivity index (χ4v) is 2.66. The van der Waals surface area contributed by atoms with Gasteiger partial charge in [0.25, 0.3) is 5.69 Å². The van der Waals surface area contributed by atoms with Crippen LogP contribution in [-0.2, 0) is 0 Å². The van der Waals surface area contributed by atoms with Crippen LogP contribution in [0.15, 0.2) is 24.3 Å². The molecule has 1 saturated heterocycles. The molecule has 1 unspecified atom stereocenters. The number of anilines is 1. The summed E-state index contributed by atoms with van der Waals surface area (Å²) in [5, 5.41) is 23.4. The topological polar surface area (TPSA) is 78.6 Å². The highest BCUT2D eigenvalue weighted by Crippen LogP contribution is 2.25. The van der Waals surface area contributed by atoms with Gasteiger partial charge in [-0.05, 0) is 25.5 Å². The van der Waals surface area contributed by atoms with Crippen LogP contribution < -0.4 is 5.32 Å². The minimum Gasteiger partial charge on any atom is -0.395 e. The van der Waals surface area contributed by atoms with E-state index in [2.05, 4.69) is 10.2 Å². The number of aliphatic hydroxyl groups is 1. The summed E-state index contributed by atoms with van der Waals surface area (Å²) < 4.78 is 0. The molecule has 0 radical (unpaired) electrons. The summed E-state index contributed by atoms with van der Waals surface area (Å²) in [6.07, 6.45) is 3.20. The predicted molar refractivity (Wildman–Crippen MR) is 77.9 cm³/mol. The van der Waals surface area contributed by atoms with E-state index in [-0.39, 0.29) is 23.3 Å². The average Bonchev–Trinajstić information content (AvgIpc) is 2.65. The summed E-state index contributed by atoms with van der Waals surface area (Å²) in [5.41, 5.74) is 0.693. The van der Waals surface area contributed by atoms with E-state index in [1.165, 1.54) is 6.07 Å². The molecule has 1 heterocycles. The van der Waals surface area contributed by atoms with Crippen LogP contribution in [0.2, 0.25) is 0 Å². The van der Waals surface area contributed by atoms with Crippen molar-refractivity contribution in [1.82, 2.24) is 4.90 Å². The van der Waals surface area contributed by atoms with E-state index in [1.807, 2.05) is 0 Å². The molecule has 2 rings (SSSR count). The van der Waals surface area contributed by atoms with Crippen molar-refractivity contribution in [2.45, 2.75) is 25.3 Å². The van der Waals surface area contributed by atoms with E-state index in [0.717, 1.165) is 32.4 Å². The van der Waals surface area contributed by atoms with Gasteiger partial charge in [-0.1, -0.05) is 18.6 Å². The van der Waals surface area contributed by atoms with Crippen molar-refractivity contribution < 1.29 is 10.0 Å². The first-order valence-corrected chi connectivity index (χ1v) is 7.04. The van der Waals surface area contributed by atoms with Crippen molar-refractivity contribution in [2.75, 3.05) is 31.6 Å². The summed E-state index contributed by atoms with van der Waals surface area (Å²) in [5.74, 6) is 0. The fourth-order valence-electron chi connectivity index (χ4n) is 2.66. The standard InChI is InChI=1S/C14H21N3O3/c18-10-9-16-8-4-3-5-12(11-16)15-13-6-1-2-7-14(13)17(19)20/h1-2,6-7,12,15,18H,3-5,8-11H2. The maximum absolute atomic E-state index is 11.0. The van der Waals surface area contributed by atoms with Crippen LogP contribution in [0.5, 0.6) is 0 Å². The smallest absolute Gasteiger partial charge is 0.292 e. The Hall–Kier alpha value is -1.66. The zero-order chi connectivity index (χ0) is 14.4. The third kappa shape index (κ3) is 3.91. The number of nitrogens with zero attached hydrogens (tertiary/aromatic N) is 2. The third-order valence-corrected chi connectivity index (χ3v) is 3.63. The molecule has 1 aliphatic rings. The molecule has 0 amide bonds. The van der Waals surface area contributed by atoms with Crippen molar-refractivity contribution in [3.05, 3.63) is 34.4 Å². The minimum atomic E-state index is -0.357. The van der Waals surface area contributed by atoms with Crippen LogP contribution in [0.4, 0.5) is 11.4 Å². The molecular formula is C14H21N3O3. The Morgan fingerprint density at radius 2 is 2.20 bits per heavy atom. The Morgan fingerprint density at radius 3 is 2.95 bits per heavy atom. The molecule has 0 saturated carbocycles. The van der Waals surface area contributed by atoms with Gasteiger partial charge in [0.2, 0.25) is 0 Å². The Balaban J connectivity index is 2.06. The fraction of sp³-hybridized carbons (Fsp3) is 0.571. The monoisotopic (exact) mass is 279 g/mol. The zero-order valence-electron chi connectivity index (χ0n) is 11.5. The van der Waals surface area contributed by atoms with Crippen molar-refractivity contribution in [3.8, 4) is 0 Å². The Morgan fingerprint density at radius 1 is 1.40 bits per heavy atom. The maximum atomic E-state index is 11.0.